The van der Waals surface area contributed by atoms with E-state index in [0.717, 1.165) is 24.1 Å². The van der Waals surface area contributed by atoms with Crippen LogP contribution in [0.25, 0.3) is 0 Å². The van der Waals surface area contributed by atoms with Gasteiger partial charge in [-0.05, 0) is 56.2 Å². The minimum atomic E-state index is -3.51. The highest BCUT2D eigenvalue weighted by Gasteiger charge is 2.35. The Bertz CT molecular complexity index is 1050. The molecular weight excluding hydrogens is 404 g/mol. The summed E-state index contributed by atoms with van der Waals surface area (Å²) in [6.45, 7) is 2.29. The lowest BCUT2D eigenvalue weighted by molar-refractivity contribution is -0.125. The Morgan fingerprint density at radius 1 is 1.03 bits per heavy atom. The molecule has 9 heteroatoms. The van der Waals surface area contributed by atoms with Gasteiger partial charge in [0.15, 0.2) is 0 Å². The molecule has 2 aromatic rings. The Balaban J connectivity index is 1.32. The first-order valence-corrected chi connectivity index (χ1v) is 11.4. The van der Waals surface area contributed by atoms with Crippen LogP contribution in [-0.2, 0) is 19.6 Å². The summed E-state index contributed by atoms with van der Waals surface area (Å²) in [5.41, 5.74) is 7.83. The number of anilines is 2. The Labute approximate surface area is 175 Å². The van der Waals surface area contributed by atoms with Crippen LogP contribution in [0.3, 0.4) is 0 Å². The number of sulfonamides is 1. The van der Waals surface area contributed by atoms with E-state index in [0.29, 0.717) is 12.2 Å². The third-order valence-corrected chi connectivity index (χ3v) is 6.77. The van der Waals surface area contributed by atoms with Gasteiger partial charge in [-0.25, -0.2) is 13.1 Å². The molecule has 1 aliphatic heterocycles. The first-order chi connectivity index (χ1) is 14.3. The van der Waals surface area contributed by atoms with Crippen LogP contribution in [0.4, 0.5) is 11.4 Å². The number of carbonyl (C=O) groups is 2. The van der Waals surface area contributed by atoms with Crippen LogP contribution < -0.4 is 20.5 Å². The standard InChI is InChI=1S/C21H24N4O4S/c1-14-2-8-18(9-3-14)25-13-15(12-20(25)26)21(27)23-22-16-6-10-19(11-7-16)30(28,29)24-17-4-5-17/h2-3,6-11,15,17,22,24H,4-5,12-13H2,1H3,(H,23,27)/t15-/m1/s1. The van der Waals surface area contributed by atoms with Crippen molar-refractivity contribution >= 4 is 33.2 Å². The molecule has 0 aromatic heterocycles. The number of carbonyl (C=O) groups excluding carboxylic acids is 2. The van der Waals surface area contributed by atoms with E-state index in [2.05, 4.69) is 15.6 Å². The molecule has 1 saturated carbocycles. The van der Waals surface area contributed by atoms with Crippen molar-refractivity contribution in [1.82, 2.24) is 10.1 Å². The SMILES string of the molecule is Cc1ccc(N2C[C@H](C(=O)NNc3ccc(S(=O)(=O)NC4CC4)cc3)CC2=O)cc1. The van der Waals surface area contributed by atoms with E-state index in [9.17, 15) is 18.0 Å². The third kappa shape index (κ3) is 4.63. The number of amides is 2. The van der Waals surface area contributed by atoms with Crippen molar-refractivity contribution in [2.75, 3.05) is 16.9 Å². The van der Waals surface area contributed by atoms with E-state index in [-0.39, 0.29) is 29.2 Å². The second kappa shape index (κ2) is 8.08. The quantitative estimate of drug-likeness (QED) is 0.584. The van der Waals surface area contributed by atoms with Crippen molar-refractivity contribution < 1.29 is 18.0 Å². The Morgan fingerprint density at radius 2 is 1.70 bits per heavy atom. The first-order valence-electron chi connectivity index (χ1n) is 9.87. The van der Waals surface area contributed by atoms with E-state index in [1.807, 2.05) is 31.2 Å². The summed E-state index contributed by atoms with van der Waals surface area (Å²) in [6, 6.07) is 13.8. The minimum Gasteiger partial charge on any atom is -0.312 e. The molecule has 2 fully saturated rings. The van der Waals surface area contributed by atoms with Gasteiger partial charge in [0, 0.05) is 24.7 Å². The molecule has 8 nitrogen and oxygen atoms in total. The summed E-state index contributed by atoms with van der Waals surface area (Å²) in [7, 11) is -3.51. The molecule has 2 aliphatic rings. The molecule has 0 spiro atoms. The van der Waals surface area contributed by atoms with Gasteiger partial charge in [0.25, 0.3) is 0 Å². The fourth-order valence-corrected chi connectivity index (χ4v) is 4.60. The number of hydrogen-bond acceptors (Lipinski definition) is 5. The van der Waals surface area contributed by atoms with Gasteiger partial charge in [0.1, 0.15) is 0 Å². The smallest absolute Gasteiger partial charge is 0.243 e. The van der Waals surface area contributed by atoms with Gasteiger partial charge in [-0.3, -0.25) is 20.4 Å². The maximum Gasteiger partial charge on any atom is 0.243 e. The molecule has 3 N–H and O–H groups in total. The summed E-state index contributed by atoms with van der Waals surface area (Å²) in [4.78, 5) is 26.6. The van der Waals surface area contributed by atoms with Crippen molar-refractivity contribution in [2.45, 2.75) is 37.1 Å². The number of nitrogens with one attached hydrogen (secondary N) is 3. The Morgan fingerprint density at radius 3 is 2.33 bits per heavy atom. The van der Waals surface area contributed by atoms with Gasteiger partial charge in [0.05, 0.1) is 16.5 Å². The molecule has 1 saturated heterocycles. The van der Waals surface area contributed by atoms with Crippen LogP contribution in [0.2, 0.25) is 0 Å². The fraction of sp³-hybridized carbons (Fsp3) is 0.333. The van der Waals surface area contributed by atoms with Gasteiger partial charge < -0.3 is 4.90 Å². The summed E-state index contributed by atoms with van der Waals surface area (Å²) < 4.78 is 27.0. The summed E-state index contributed by atoms with van der Waals surface area (Å²) in [5.74, 6) is -0.838. The minimum absolute atomic E-state index is 0.0423. The lowest BCUT2D eigenvalue weighted by Crippen LogP contribution is -2.36. The molecule has 2 amide bonds. The normalized spacial score (nSPS) is 19.0. The highest BCUT2D eigenvalue weighted by atomic mass is 32.2. The van der Waals surface area contributed by atoms with Gasteiger partial charge >= 0.3 is 0 Å². The van der Waals surface area contributed by atoms with E-state index >= 15 is 0 Å². The number of hydrazine groups is 1. The van der Waals surface area contributed by atoms with E-state index in [1.165, 1.54) is 12.1 Å². The van der Waals surface area contributed by atoms with Crippen molar-refractivity contribution in [3.63, 3.8) is 0 Å². The first kappa shape index (κ1) is 20.4. The molecule has 0 bridgehead atoms. The number of aryl methyl sites for hydroxylation is 1. The van der Waals surface area contributed by atoms with Crippen LogP contribution >= 0.6 is 0 Å². The molecule has 0 unspecified atom stereocenters. The zero-order chi connectivity index (χ0) is 21.3. The van der Waals surface area contributed by atoms with Crippen LogP contribution in [0, 0.1) is 12.8 Å². The predicted octanol–water partition coefficient (Wildman–Crippen LogP) is 1.93. The second-order valence-corrected chi connectivity index (χ2v) is 9.49. The summed E-state index contributed by atoms with van der Waals surface area (Å²) in [5, 5.41) is 0. The van der Waals surface area contributed by atoms with Crippen molar-refractivity contribution in [2.24, 2.45) is 5.92 Å². The Kier molecular flexibility index (Phi) is 5.48. The molecular formula is C21H24N4O4S. The monoisotopic (exact) mass is 428 g/mol. The zero-order valence-electron chi connectivity index (χ0n) is 16.6. The summed E-state index contributed by atoms with van der Waals surface area (Å²) >= 11 is 0. The van der Waals surface area contributed by atoms with Crippen molar-refractivity contribution in [3.8, 4) is 0 Å². The van der Waals surface area contributed by atoms with Crippen molar-refractivity contribution in [3.05, 3.63) is 54.1 Å². The largest absolute Gasteiger partial charge is 0.312 e. The number of benzene rings is 2. The lowest BCUT2D eigenvalue weighted by atomic mass is 10.1. The molecule has 30 heavy (non-hydrogen) atoms. The van der Waals surface area contributed by atoms with E-state index < -0.39 is 15.9 Å². The number of rotatable bonds is 7. The van der Waals surface area contributed by atoms with Crippen LogP contribution in [-0.4, -0.2) is 32.8 Å². The maximum absolute atomic E-state index is 12.5. The molecule has 4 rings (SSSR count). The Hall–Kier alpha value is -2.91. The lowest BCUT2D eigenvalue weighted by Gasteiger charge is -2.17. The van der Waals surface area contributed by atoms with Gasteiger partial charge in [0.2, 0.25) is 21.8 Å². The van der Waals surface area contributed by atoms with Gasteiger partial charge in [-0.2, -0.15) is 0 Å². The van der Waals surface area contributed by atoms with E-state index in [1.54, 1.807) is 17.0 Å². The second-order valence-electron chi connectivity index (χ2n) is 7.78. The predicted molar refractivity (Wildman–Crippen MR) is 113 cm³/mol. The third-order valence-electron chi connectivity index (χ3n) is 5.24. The average molecular weight is 429 g/mol. The highest BCUT2D eigenvalue weighted by molar-refractivity contribution is 7.89. The molecule has 1 atom stereocenters. The maximum atomic E-state index is 12.5. The molecule has 0 radical (unpaired) electrons. The molecule has 158 valence electrons. The van der Waals surface area contributed by atoms with Crippen LogP contribution in [0.1, 0.15) is 24.8 Å². The van der Waals surface area contributed by atoms with Crippen molar-refractivity contribution in [1.29, 1.82) is 0 Å². The van der Waals surface area contributed by atoms with E-state index in [4.69, 9.17) is 0 Å². The highest BCUT2D eigenvalue weighted by Crippen LogP contribution is 2.26. The van der Waals surface area contributed by atoms with Crippen LogP contribution in [0.15, 0.2) is 53.4 Å². The topological polar surface area (TPSA) is 108 Å². The zero-order valence-corrected chi connectivity index (χ0v) is 17.4. The number of nitrogens with zero attached hydrogens (tertiary/aromatic N) is 1. The van der Waals surface area contributed by atoms with Gasteiger partial charge in [-0.15, -0.1) is 0 Å². The summed E-state index contributed by atoms with van der Waals surface area (Å²) in [6.07, 6.45) is 1.89. The van der Waals surface area contributed by atoms with Crippen LogP contribution in [0.5, 0.6) is 0 Å². The fourth-order valence-electron chi connectivity index (χ4n) is 3.30. The number of hydrogen-bond donors (Lipinski definition) is 3. The van der Waals surface area contributed by atoms with Gasteiger partial charge in [-0.1, -0.05) is 17.7 Å². The molecule has 2 aromatic carbocycles. The molecule has 1 heterocycles. The molecule has 1 aliphatic carbocycles. The average Bonchev–Trinajstić information content (AvgIpc) is 3.44.